The first-order valence-corrected chi connectivity index (χ1v) is 7.53. The minimum atomic E-state index is -0.198. The number of nitrogens with one attached hydrogen (secondary N) is 1. The van der Waals surface area contributed by atoms with Crippen molar-refractivity contribution in [2.75, 3.05) is 25.0 Å². The van der Waals surface area contributed by atoms with E-state index in [0.717, 1.165) is 29.9 Å². The summed E-state index contributed by atoms with van der Waals surface area (Å²) in [5, 5.41) is 3.05. The van der Waals surface area contributed by atoms with Crippen molar-refractivity contribution in [2.45, 2.75) is 46.3 Å². The number of ether oxygens (including phenoxy) is 1. The van der Waals surface area contributed by atoms with E-state index in [-0.39, 0.29) is 17.6 Å². The molecule has 1 saturated heterocycles. The van der Waals surface area contributed by atoms with Crippen molar-refractivity contribution in [1.29, 1.82) is 0 Å². The molecule has 1 amide bonds. The van der Waals surface area contributed by atoms with Gasteiger partial charge in [-0.15, -0.1) is 0 Å². The van der Waals surface area contributed by atoms with Crippen LogP contribution in [0.15, 0.2) is 18.2 Å². The van der Waals surface area contributed by atoms with Gasteiger partial charge in [-0.05, 0) is 45.7 Å². The quantitative estimate of drug-likeness (QED) is 0.930. The van der Waals surface area contributed by atoms with Gasteiger partial charge in [0.25, 0.3) is 0 Å². The molecule has 1 aliphatic heterocycles. The number of anilines is 1. The molecule has 1 atom stereocenters. The lowest BCUT2D eigenvalue weighted by molar-refractivity contribution is -0.136. The van der Waals surface area contributed by atoms with E-state index in [1.54, 1.807) is 0 Å². The van der Waals surface area contributed by atoms with Crippen molar-refractivity contribution in [2.24, 2.45) is 0 Å². The number of amides is 1. The van der Waals surface area contributed by atoms with E-state index in [9.17, 15) is 4.79 Å². The van der Waals surface area contributed by atoms with Gasteiger partial charge in [0.15, 0.2) is 0 Å². The summed E-state index contributed by atoms with van der Waals surface area (Å²) in [6.07, 6.45) is 0.154. The number of carbonyl (C=O) groups is 1. The highest BCUT2D eigenvalue weighted by atomic mass is 16.5. The summed E-state index contributed by atoms with van der Waals surface area (Å²) < 4.78 is 5.87. The third-order valence-electron chi connectivity index (χ3n) is 3.75. The van der Waals surface area contributed by atoms with Crippen LogP contribution in [0.3, 0.4) is 0 Å². The molecule has 0 aromatic heterocycles. The number of para-hydroxylation sites is 1. The molecule has 116 valence electrons. The van der Waals surface area contributed by atoms with Gasteiger partial charge in [-0.25, -0.2) is 0 Å². The van der Waals surface area contributed by atoms with Crippen molar-refractivity contribution >= 4 is 11.6 Å². The average Bonchev–Trinajstić information content (AvgIpc) is 2.31. The fraction of sp³-hybridized carbons (Fsp3) is 0.588. The summed E-state index contributed by atoms with van der Waals surface area (Å²) >= 11 is 0. The van der Waals surface area contributed by atoms with Gasteiger partial charge in [-0.1, -0.05) is 18.2 Å². The number of benzene rings is 1. The summed E-state index contributed by atoms with van der Waals surface area (Å²) in [5.74, 6) is 0.0392. The molecule has 0 bridgehead atoms. The molecule has 1 heterocycles. The zero-order chi connectivity index (χ0) is 15.6. The van der Waals surface area contributed by atoms with E-state index in [2.05, 4.69) is 31.0 Å². The Morgan fingerprint density at radius 1 is 1.38 bits per heavy atom. The van der Waals surface area contributed by atoms with Crippen molar-refractivity contribution < 1.29 is 9.53 Å². The second-order valence-corrected chi connectivity index (χ2v) is 6.67. The Morgan fingerprint density at radius 3 is 2.57 bits per heavy atom. The Labute approximate surface area is 127 Å². The van der Waals surface area contributed by atoms with E-state index in [0.29, 0.717) is 6.54 Å². The third kappa shape index (κ3) is 4.29. The van der Waals surface area contributed by atoms with Gasteiger partial charge in [0.05, 0.1) is 18.2 Å². The maximum atomic E-state index is 12.3. The van der Waals surface area contributed by atoms with Gasteiger partial charge < -0.3 is 10.1 Å². The van der Waals surface area contributed by atoms with Gasteiger partial charge in [0.2, 0.25) is 5.91 Å². The standard InChI is InChI=1S/C17H26N2O2/c1-12-7-6-8-13(2)16(12)18-15(20)10-19-9-14(3)21-17(4,5)11-19/h6-8,14H,9-11H2,1-5H3,(H,18,20). The predicted molar refractivity (Wildman–Crippen MR) is 85.6 cm³/mol. The summed E-state index contributed by atoms with van der Waals surface area (Å²) in [6, 6.07) is 6.04. The maximum absolute atomic E-state index is 12.3. The monoisotopic (exact) mass is 290 g/mol. The summed E-state index contributed by atoms with van der Waals surface area (Å²) in [5.41, 5.74) is 2.93. The SMILES string of the molecule is Cc1cccc(C)c1NC(=O)CN1CC(C)OC(C)(C)C1. The van der Waals surface area contributed by atoms with Crippen LogP contribution in [0.1, 0.15) is 31.9 Å². The Kier molecular flexibility index (Phi) is 4.69. The highest BCUT2D eigenvalue weighted by Crippen LogP contribution is 2.22. The largest absolute Gasteiger partial charge is 0.370 e. The molecule has 1 aromatic carbocycles. The van der Waals surface area contributed by atoms with Gasteiger partial charge >= 0.3 is 0 Å². The normalized spacial score (nSPS) is 22.0. The molecular formula is C17H26N2O2. The lowest BCUT2D eigenvalue weighted by Gasteiger charge is -2.41. The minimum absolute atomic E-state index is 0.0392. The zero-order valence-electron chi connectivity index (χ0n) is 13.7. The third-order valence-corrected chi connectivity index (χ3v) is 3.75. The Hall–Kier alpha value is -1.39. The Bertz CT molecular complexity index is 505. The highest BCUT2D eigenvalue weighted by molar-refractivity contribution is 5.93. The van der Waals surface area contributed by atoms with Crippen molar-refractivity contribution in [3.8, 4) is 0 Å². The zero-order valence-corrected chi connectivity index (χ0v) is 13.7. The van der Waals surface area contributed by atoms with Crippen LogP contribution >= 0.6 is 0 Å². The molecule has 1 unspecified atom stereocenters. The van der Waals surface area contributed by atoms with Crippen molar-refractivity contribution in [3.05, 3.63) is 29.3 Å². The van der Waals surface area contributed by atoms with Crippen molar-refractivity contribution in [1.82, 2.24) is 4.90 Å². The summed E-state index contributed by atoms with van der Waals surface area (Å²) in [7, 11) is 0. The molecule has 4 nitrogen and oxygen atoms in total. The van der Waals surface area contributed by atoms with Crippen LogP contribution in [0, 0.1) is 13.8 Å². The molecular weight excluding hydrogens is 264 g/mol. The second kappa shape index (κ2) is 6.16. The van der Waals surface area contributed by atoms with Crippen molar-refractivity contribution in [3.63, 3.8) is 0 Å². The molecule has 0 aliphatic carbocycles. The molecule has 2 rings (SSSR count). The lowest BCUT2D eigenvalue weighted by Crippen LogP contribution is -2.53. The number of hydrogen-bond donors (Lipinski definition) is 1. The maximum Gasteiger partial charge on any atom is 0.238 e. The van der Waals surface area contributed by atoms with Crippen LogP contribution in [0.25, 0.3) is 0 Å². The van der Waals surface area contributed by atoms with Crippen LogP contribution in [-0.2, 0) is 9.53 Å². The first-order chi connectivity index (χ1) is 9.77. The van der Waals surface area contributed by atoms with Gasteiger partial charge in [0, 0.05) is 18.8 Å². The molecule has 0 radical (unpaired) electrons. The fourth-order valence-corrected chi connectivity index (χ4v) is 3.10. The van der Waals surface area contributed by atoms with E-state index in [1.165, 1.54) is 0 Å². The first-order valence-electron chi connectivity index (χ1n) is 7.53. The molecule has 4 heteroatoms. The molecule has 1 aromatic rings. The van der Waals surface area contributed by atoms with Crippen LogP contribution in [0.5, 0.6) is 0 Å². The van der Waals surface area contributed by atoms with Crippen LogP contribution in [-0.4, -0.2) is 42.1 Å². The Morgan fingerprint density at radius 2 is 2.00 bits per heavy atom. The van der Waals surface area contributed by atoms with Crippen LogP contribution in [0.2, 0.25) is 0 Å². The van der Waals surface area contributed by atoms with E-state index in [1.807, 2.05) is 32.0 Å². The summed E-state index contributed by atoms with van der Waals surface area (Å²) in [6.45, 7) is 12.2. The average molecular weight is 290 g/mol. The molecule has 1 N–H and O–H groups in total. The van der Waals surface area contributed by atoms with E-state index >= 15 is 0 Å². The summed E-state index contributed by atoms with van der Waals surface area (Å²) in [4.78, 5) is 14.5. The van der Waals surface area contributed by atoms with Crippen LogP contribution < -0.4 is 5.32 Å². The molecule has 21 heavy (non-hydrogen) atoms. The van der Waals surface area contributed by atoms with Gasteiger partial charge in [-0.3, -0.25) is 9.69 Å². The number of rotatable bonds is 3. The number of aryl methyl sites for hydroxylation is 2. The topological polar surface area (TPSA) is 41.6 Å². The van der Waals surface area contributed by atoms with Crippen LogP contribution in [0.4, 0.5) is 5.69 Å². The minimum Gasteiger partial charge on any atom is -0.370 e. The number of carbonyl (C=O) groups excluding carboxylic acids is 1. The smallest absolute Gasteiger partial charge is 0.238 e. The van der Waals surface area contributed by atoms with Gasteiger partial charge in [-0.2, -0.15) is 0 Å². The molecule has 0 spiro atoms. The number of morpholine rings is 1. The number of nitrogens with zero attached hydrogens (tertiary/aromatic N) is 1. The second-order valence-electron chi connectivity index (χ2n) is 6.67. The highest BCUT2D eigenvalue weighted by Gasteiger charge is 2.32. The Balaban J connectivity index is 1.99. The molecule has 0 saturated carbocycles. The number of hydrogen-bond acceptors (Lipinski definition) is 3. The first kappa shape index (κ1) is 16.0. The fourth-order valence-electron chi connectivity index (χ4n) is 3.10. The molecule has 1 fully saturated rings. The lowest BCUT2D eigenvalue weighted by atomic mass is 10.1. The molecule has 1 aliphatic rings. The predicted octanol–water partition coefficient (Wildman–Crippen LogP) is 2.74. The van der Waals surface area contributed by atoms with E-state index in [4.69, 9.17) is 4.74 Å². The van der Waals surface area contributed by atoms with E-state index < -0.39 is 0 Å². The van der Waals surface area contributed by atoms with Gasteiger partial charge in [0.1, 0.15) is 0 Å².